The van der Waals surface area contributed by atoms with E-state index in [0.717, 1.165) is 23.1 Å². The number of anilines is 1. The van der Waals surface area contributed by atoms with Crippen LogP contribution in [-0.2, 0) is 0 Å². The Morgan fingerprint density at radius 1 is 1.57 bits per heavy atom. The summed E-state index contributed by atoms with van der Waals surface area (Å²) >= 11 is 3.39. The zero-order chi connectivity index (χ0) is 10.2. The number of pyridine rings is 1. The average Bonchev–Trinajstić information content (AvgIpc) is 2.46. The third-order valence-corrected chi connectivity index (χ3v) is 2.94. The zero-order valence-electron chi connectivity index (χ0n) is 8.07. The van der Waals surface area contributed by atoms with Gasteiger partial charge in [-0.25, -0.2) is 0 Å². The number of aromatic nitrogens is 1. The molecule has 0 saturated carbocycles. The van der Waals surface area contributed by atoms with Crippen LogP contribution in [0.3, 0.4) is 0 Å². The molecule has 3 nitrogen and oxygen atoms in total. The van der Waals surface area contributed by atoms with E-state index in [0.29, 0.717) is 6.54 Å². The van der Waals surface area contributed by atoms with Gasteiger partial charge in [-0.15, -0.1) is 0 Å². The molecule has 1 N–H and O–H groups in total. The van der Waals surface area contributed by atoms with Crippen LogP contribution in [0.4, 0.5) is 5.69 Å². The lowest BCUT2D eigenvalue weighted by atomic mass is 10.1. The molecule has 1 aromatic heterocycles. The molecule has 0 radical (unpaired) electrons. The summed E-state index contributed by atoms with van der Waals surface area (Å²) in [4.78, 5) is 6.26. The van der Waals surface area contributed by atoms with Crippen molar-refractivity contribution >= 4 is 21.6 Å². The Labute approximate surface area is 91.9 Å². The van der Waals surface area contributed by atoms with Gasteiger partial charge in [-0.1, -0.05) is 0 Å². The van der Waals surface area contributed by atoms with E-state index >= 15 is 0 Å². The second kappa shape index (κ2) is 3.51. The summed E-state index contributed by atoms with van der Waals surface area (Å²) in [5.41, 5.74) is 0.514. The van der Waals surface area contributed by atoms with Crippen LogP contribution in [0.15, 0.2) is 22.9 Å². The van der Waals surface area contributed by atoms with Gasteiger partial charge < -0.3 is 10.0 Å². The van der Waals surface area contributed by atoms with Crippen molar-refractivity contribution in [2.24, 2.45) is 0 Å². The number of aliphatic hydroxyl groups is 1. The molecule has 1 fully saturated rings. The molecule has 0 bridgehead atoms. The Hall–Kier alpha value is -0.610. The molecule has 1 aliphatic rings. The van der Waals surface area contributed by atoms with Gasteiger partial charge in [-0.2, -0.15) is 0 Å². The van der Waals surface area contributed by atoms with Crippen LogP contribution in [-0.4, -0.2) is 28.8 Å². The van der Waals surface area contributed by atoms with Crippen LogP contribution < -0.4 is 4.90 Å². The molecule has 0 aromatic carbocycles. The van der Waals surface area contributed by atoms with Crippen molar-refractivity contribution in [1.82, 2.24) is 4.98 Å². The molecule has 2 heterocycles. The predicted molar refractivity (Wildman–Crippen MR) is 59.4 cm³/mol. The minimum Gasteiger partial charge on any atom is -0.388 e. The van der Waals surface area contributed by atoms with E-state index in [1.165, 1.54) is 0 Å². The van der Waals surface area contributed by atoms with Crippen molar-refractivity contribution in [2.75, 3.05) is 18.0 Å². The Kier molecular flexibility index (Phi) is 2.49. The zero-order valence-corrected chi connectivity index (χ0v) is 9.66. The van der Waals surface area contributed by atoms with Gasteiger partial charge in [0.15, 0.2) is 0 Å². The number of nitrogens with zero attached hydrogens (tertiary/aromatic N) is 2. The Balaban J connectivity index is 2.17. The van der Waals surface area contributed by atoms with Crippen LogP contribution in [0.2, 0.25) is 0 Å². The topological polar surface area (TPSA) is 36.4 Å². The lowest BCUT2D eigenvalue weighted by Crippen LogP contribution is -2.29. The molecule has 2 rings (SSSR count). The molecule has 1 aromatic rings. The van der Waals surface area contributed by atoms with E-state index in [1.807, 2.05) is 19.2 Å². The smallest absolute Gasteiger partial charge is 0.0810 e. The largest absolute Gasteiger partial charge is 0.388 e. The van der Waals surface area contributed by atoms with Crippen LogP contribution in [0.5, 0.6) is 0 Å². The SMILES string of the molecule is C[C@@]1(O)CCN(c2cncc(Br)c2)C1. The van der Waals surface area contributed by atoms with E-state index in [4.69, 9.17) is 0 Å². The molecule has 0 amide bonds. The number of halogens is 1. The van der Waals surface area contributed by atoms with Crippen LogP contribution >= 0.6 is 15.9 Å². The van der Waals surface area contributed by atoms with Gasteiger partial charge in [0.25, 0.3) is 0 Å². The highest BCUT2D eigenvalue weighted by Crippen LogP contribution is 2.27. The first-order valence-corrected chi connectivity index (χ1v) is 5.44. The first-order chi connectivity index (χ1) is 6.57. The Morgan fingerprint density at radius 3 is 2.93 bits per heavy atom. The maximum atomic E-state index is 9.82. The van der Waals surface area contributed by atoms with E-state index in [1.54, 1.807) is 6.20 Å². The molecule has 0 spiro atoms. The van der Waals surface area contributed by atoms with Crippen molar-refractivity contribution in [3.05, 3.63) is 22.9 Å². The van der Waals surface area contributed by atoms with E-state index in [2.05, 4.69) is 25.8 Å². The van der Waals surface area contributed by atoms with Gasteiger partial charge in [0.2, 0.25) is 0 Å². The van der Waals surface area contributed by atoms with Gasteiger partial charge in [0, 0.05) is 23.8 Å². The lowest BCUT2D eigenvalue weighted by molar-refractivity contribution is 0.0839. The average molecular weight is 257 g/mol. The number of hydrogen-bond donors (Lipinski definition) is 1. The molecule has 1 atom stereocenters. The molecule has 76 valence electrons. The maximum absolute atomic E-state index is 9.82. The van der Waals surface area contributed by atoms with Gasteiger partial charge >= 0.3 is 0 Å². The van der Waals surface area contributed by atoms with E-state index < -0.39 is 5.60 Å². The third kappa shape index (κ3) is 2.07. The highest BCUT2D eigenvalue weighted by Gasteiger charge is 2.31. The monoisotopic (exact) mass is 256 g/mol. The predicted octanol–water partition coefficient (Wildman–Crippen LogP) is 1.81. The van der Waals surface area contributed by atoms with Crippen LogP contribution in [0.1, 0.15) is 13.3 Å². The minimum absolute atomic E-state index is 0.553. The molecule has 0 unspecified atom stereocenters. The van der Waals surface area contributed by atoms with Crippen molar-refractivity contribution in [1.29, 1.82) is 0 Å². The highest BCUT2D eigenvalue weighted by atomic mass is 79.9. The van der Waals surface area contributed by atoms with Gasteiger partial charge in [-0.05, 0) is 35.3 Å². The quantitative estimate of drug-likeness (QED) is 0.833. The summed E-state index contributed by atoms with van der Waals surface area (Å²) in [6.45, 7) is 3.45. The number of β-amino-alcohol motifs (C(OH)–C–C–N with tert-alkyl or cyclic N) is 1. The van der Waals surface area contributed by atoms with Crippen molar-refractivity contribution < 1.29 is 5.11 Å². The fourth-order valence-corrected chi connectivity index (χ4v) is 2.09. The summed E-state index contributed by atoms with van der Waals surface area (Å²) in [5.74, 6) is 0. The maximum Gasteiger partial charge on any atom is 0.0810 e. The van der Waals surface area contributed by atoms with Gasteiger partial charge in [0.05, 0.1) is 17.5 Å². The molecule has 1 saturated heterocycles. The standard InChI is InChI=1S/C10H13BrN2O/c1-10(14)2-3-13(7-10)9-4-8(11)5-12-6-9/h4-6,14H,2-3,7H2,1H3/t10-/m1/s1. The molecule has 1 aliphatic heterocycles. The van der Waals surface area contributed by atoms with E-state index in [-0.39, 0.29) is 0 Å². The Bertz CT molecular complexity index is 341. The van der Waals surface area contributed by atoms with Crippen molar-refractivity contribution in [3.63, 3.8) is 0 Å². The summed E-state index contributed by atoms with van der Waals surface area (Å²) in [6.07, 6.45) is 4.41. The van der Waals surface area contributed by atoms with Crippen molar-refractivity contribution in [3.8, 4) is 0 Å². The second-order valence-electron chi connectivity index (χ2n) is 4.03. The van der Waals surface area contributed by atoms with Crippen LogP contribution in [0.25, 0.3) is 0 Å². The fourth-order valence-electron chi connectivity index (χ4n) is 1.74. The summed E-state index contributed by atoms with van der Waals surface area (Å²) in [5, 5.41) is 9.82. The molecular weight excluding hydrogens is 244 g/mol. The first-order valence-electron chi connectivity index (χ1n) is 4.65. The minimum atomic E-state index is -0.553. The molecule has 4 heteroatoms. The molecule has 0 aliphatic carbocycles. The first kappa shape index (κ1) is 9.93. The Morgan fingerprint density at radius 2 is 2.36 bits per heavy atom. The second-order valence-corrected chi connectivity index (χ2v) is 4.95. The van der Waals surface area contributed by atoms with Gasteiger partial charge in [-0.3, -0.25) is 4.98 Å². The van der Waals surface area contributed by atoms with E-state index in [9.17, 15) is 5.11 Å². The normalized spacial score (nSPS) is 26.9. The summed E-state index contributed by atoms with van der Waals surface area (Å²) in [7, 11) is 0. The summed E-state index contributed by atoms with van der Waals surface area (Å²) < 4.78 is 0.974. The molecular formula is C10H13BrN2O. The third-order valence-electron chi connectivity index (χ3n) is 2.51. The van der Waals surface area contributed by atoms with Crippen molar-refractivity contribution in [2.45, 2.75) is 18.9 Å². The summed E-state index contributed by atoms with van der Waals surface area (Å²) in [6, 6.07) is 2.02. The highest BCUT2D eigenvalue weighted by molar-refractivity contribution is 9.10. The lowest BCUT2D eigenvalue weighted by Gasteiger charge is -2.20. The fraction of sp³-hybridized carbons (Fsp3) is 0.500. The van der Waals surface area contributed by atoms with Crippen LogP contribution in [0, 0.1) is 0 Å². The number of rotatable bonds is 1. The number of hydrogen-bond acceptors (Lipinski definition) is 3. The van der Waals surface area contributed by atoms with Gasteiger partial charge in [0.1, 0.15) is 0 Å². The molecule has 14 heavy (non-hydrogen) atoms.